The predicted octanol–water partition coefficient (Wildman–Crippen LogP) is 17.1. The van der Waals surface area contributed by atoms with Crippen LogP contribution in [0.5, 0.6) is 0 Å². The van der Waals surface area contributed by atoms with Gasteiger partial charge in [0.05, 0.1) is 45.1 Å². The number of rotatable bonds is 6. The lowest BCUT2D eigenvalue weighted by Crippen LogP contribution is -2.19. The molecule has 4 heterocycles. The fourth-order valence-corrected chi connectivity index (χ4v) is 11.6. The van der Waals surface area contributed by atoms with E-state index in [2.05, 4.69) is 246 Å². The Morgan fingerprint density at radius 1 is 0.423 bits per heavy atom. The molecule has 14 aromatic rings. The maximum atomic E-state index is 7.03. The standard InChI is InChI=1S/C66H42N4O/c1-3-17-41(18-4-1)43-22-15-23-46(37-43)55-40-56(52-30-16-29-51-49-27-11-13-31-57(49)69(64(51)52)47-24-5-2-6-25-47)68-66(67-55)63-59(35-36-61-62(63)53-34-33-42-19-9-10-26-48(42)65(53)71-61)70-58-32-14-12-28-50(58)54-38-44-20-7-8-21-45(44)39-60(54)70/h1-39,56H,40H2. The quantitative estimate of drug-likeness (QED) is 0.164. The van der Waals surface area contributed by atoms with Crippen molar-refractivity contribution in [3.8, 4) is 22.5 Å². The number of aliphatic imine (C=N–C) groups is 2. The molecule has 0 fully saturated rings. The first-order valence-electron chi connectivity index (χ1n) is 24.4. The summed E-state index contributed by atoms with van der Waals surface area (Å²) < 4.78 is 11.9. The molecule has 5 nitrogen and oxygen atoms in total. The number of hydrogen-bond acceptors (Lipinski definition) is 3. The smallest absolute Gasteiger partial charge is 0.158 e. The second-order valence-corrected chi connectivity index (χ2v) is 18.8. The van der Waals surface area contributed by atoms with Gasteiger partial charge in [-0.15, -0.1) is 0 Å². The summed E-state index contributed by atoms with van der Waals surface area (Å²) in [5.41, 5.74) is 14.7. The van der Waals surface area contributed by atoms with Crippen LogP contribution in [0.3, 0.4) is 0 Å². The van der Waals surface area contributed by atoms with Crippen molar-refractivity contribution in [2.75, 3.05) is 0 Å². The third-order valence-electron chi connectivity index (χ3n) is 14.8. The highest BCUT2D eigenvalue weighted by atomic mass is 16.3. The zero-order chi connectivity index (χ0) is 46.6. The normalized spacial score (nSPS) is 14.2. The van der Waals surface area contributed by atoms with Crippen LogP contribution in [0.2, 0.25) is 0 Å². The molecule has 0 spiro atoms. The first kappa shape index (κ1) is 39.7. The lowest BCUT2D eigenvalue weighted by molar-refractivity contribution is 0.672. The van der Waals surface area contributed by atoms with Crippen molar-refractivity contribution in [1.82, 2.24) is 9.13 Å². The topological polar surface area (TPSA) is 47.7 Å². The molecule has 1 unspecified atom stereocenters. The van der Waals surface area contributed by atoms with Gasteiger partial charge in [0.15, 0.2) is 5.84 Å². The molecule has 0 saturated heterocycles. The second kappa shape index (κ2) is 15.6. The Morgan fingerprint density at radius 2 is 1.06 bits per heavy atom. The summed E-state index contributed by atoms with van der Waals surface area (Å²) in [5.74, 6) is 0.670. The number of furan rings is 1. The monoisotopic (exact) mass is 906 g/mol. The highest BCUT2D eigenvalue weighted by Crippen LogP contribution is 2.45. The summed E-state index contributed by atoms with van der Waals surface area (Å²) in [5, 5.41) is 11.4. The molecule has 0 N–H and O–H groups in total. The Kier molecular flexibility index (Phi) is 8.72. The van der Waals surface area contributed by atoms with Gasteiger partial charge in [0.2, 0.25) is 0 Å². The van der Waals surface area contributed by atoms with Crippen molar-refractivity contribution < 1.29 is 4.42 Å². The average molecular weight is 907 g/mol. The van der Waals surface area contributed by atoms with E-state index in [-0.39, 0.29) is 6.04 Å². The number of hydrogen-bond donors (Lipinski definition) is 0. The number of amidine groups is 1. The van der Waals surface area contributed by atoms with Gasteiger partial charge in [-0.25, -0.2) is 4.99 Å². The van der Waals surface area contributed by atoms with Crippen molar-refractivity contribution in [3.05, 3.63) is 253 Å². The van der Waals surface area contributed by atoms with Gasteiger partial charge >= 0.3 is 0 Å². The highest BCUT2D eigenvalue weighted by molar-refractivity contribution is 6.27. The van der Waals surface area contributed by atoms with Crippen molar-refractivity contribution in [1.29, 1.82) is 0 Å². The molecule has 0 aliphatic carbocycles. The minimum Gasteiger partial charge on any atom is -0.455 e. The molecule has 1 atom stereocenters. The van der Waals surface area contributed by atoms with Crippen LogP contribution in [0.4, 0.5) is 0 Å². The van der Waals surface area contributed by atoms with Gasteiger partial charge in [-0.1, -0.05) is 176 Å². The lowest BCUT2D eigenvalue weighted by Gasteiger charge is -2.24. The third kappa shape index (κ3) is 6.13. The Bertz CT molecular complexity index is 4550. The Hall–Kier alpha value is -9.32. The van der Waals surface area contributed by atoms with Crippen LogP contribution in [0.25, 0.3) is 110 Å². The summed E-state index contributed by atoms with van der Waals surface area (Å²) in [4.78, 5) is 11.8. The molecule has 1 aliphatic rings. The van der Waals surface area contributed by atoms with Gasteiger partial charge in [-0.3, -0.25) is 4.99 Å². The minimum atomic E-state index is -0.308. The number of benzene rings is 11. The SMILES string of the molecule is c1ccc(-c2cccc(C3=NC(c4c(-n5c6ccccc6c6cc7ccccc7cc65)ccc5oc6c7ccccc7ccc6c45)=NC(c4cccc5c6ccccc6n(-c6ccccc6)c45)C3)c2)cc1. The van der Waals surface area contributed by atoms with E-state index in [4.69, 9.17) is 14.4 Å². The molecule has 1 aliphatic heterocycles. The summed E-state index contributed by atoms with van der Waals surface area (Å²) in [6.45, 7) is 0. The predicted molar refractivity (Wildman–Crippen MR) is 296 cm³/mol. The van der Waals surface area contributed by atoms with E-state index in [0.29, 0.717) is 12.3 Å². The third-order valence-corrected chi connectivity index (χ3v) is 14.8. The van der Waals surface area contributed by atoms with Crippen LogP contribution in [0.1, 0.15) is 29.2 Å². The lowest BCUT2D eigenvalue weighted by atomic mass is 9.92. The van der Waals surface area contributed by atoms with Gasteiger partial charge in [-0.05, 0) is 93.5 Å². The second-order valence-electron chi connectivity index (χ2n) is 18.8. The Labute approximate surface area is 408 Å². The molecule has 0 bridgehead atoms. The zero-order valence-electron chi connectivity index (χ0n) is 38.5. The van der Waals surface area contributed by atoms with Crippen LogP contribution < -0.4 is 0 Å². The van der Waals surface area contributed by atoms with Gasteiger partial charge in [0.25, 0.3) is 0 Å². The highest BCUT2D eigenvalue weighted by Gasteiger charge is 2.30. The maximum Gasteiger partial charge on any atom is 0.158 e. The van der Waals surface area contributed by atoms with E-state index in [1.807, 2.05) is 0 Å². The molecule has 3 aromatic heterocycles. The van der Waals surface area contributed by atoms with Gasteiger partial charge < -0.3 is 13.6 Å². The summed E-state index contributed by atoms with van der Waals surface area (Å²) >= 11 is 0. The average Bonchev–Trinajstić information content (AvgIpc) is 4.10. The largest absolute Gasteiger partial charge is 0.455 e. The fourth-order valence-electron chi connectivity index (χ4n) is 11.6. The van der Waals surface area contributed by atoms with Crippen LogP contribution in [0.15, 0.2) is 251 Å². The van der Waals surface area contributed by atoms with Gasteiger partial charge in [0, 0.05) is 55.4 Å². The Balaban J connectivity index is 1.07. The number of para-hydroxylation sites is 4. The van der Waals surface area contributed by atoms with Crippen LogP contribution >= 0.6 is 0 Å². The zero-order valence-corrected chi connectivity index (χ0v) is 38.5. The minimum absolute atomic E-state index is 0.308. The van der Waals surface area contributed by atoms with E-state index in [0.717, 1.165) is 99.7 Å². The number of aromatic nitrogens is 2. The molecule has 0 radical (unpaired) electrons. The van der Waals surface area contributed by atoms with Gasteiger partial charge in [-0.2, -0.15) is 0 Å². The molecule has 11 aromatic carbocycles. The van der Waals surface area contributed by atoms with Crippen molar-refractivity contribution in [3.63, 3.8) is 0 Å². The molecule has 71 heavy (non-hydrogen) atoms. The van der Waals surface area contributed by atoms with Crippen LogP contribution in [-0.4, -0.2) is 20.7 Å². The van der Waals surface area contributed by atoms with E-state index < -0.39 is 0 Å². The number of fused-ring (bicyclic) bond motifs is 12. The van der Waals surface area contributed by atoms with E-state index in [9.17, 15) is 0 Å². The molecule has 15 rings (SSSR count). The molecule has 332 valence electrons. The van der Waals surface area contributed by atoms with Crippen molar-refractivity contribution >= 4 is 98.6 Å². The fraction of sp³-hybridized carbons (Fsp3) is 0.0303. The summed E-state index contributed by atoms with van der Waals surface area (Å²) in [7, 11) is 0. The van der Waals surface area contributed by atoms with Gasteiger partial charge in [0.1, 0.15) is 11.2 Å². The molecule has 0 saturated carbocycles. The Morgan fingerprint density at radius 3 is 1.87 bits per heavy atom. The van der Waals surface area contributed by atoms with E-state index in [1.165, 1.54) is 32.3 Å². The molecular weight excluding hydrogens is 865 g/mol. The van der Waals surface area contributed by atoms with E-state index in [1.54, 1.807) is 0 Å². The molecule has 0 amide bonds. The first-order valence-corrected chi connectivity index (χ1v) is 24.4. The summed E-state index contributed by atoms with van der Waals surface area (Å²) in [6.07, 6.45) is 0.598. The maximum absolute atomic E-state index is 7.03. The van der Waals surface area contributed by atoms with E-state index >= 15 is 0 Å². The van der Waals surface area contributed by atoms with Crippen molar-refractivity contribution in [2.24, 2.45) is 9.98 Å². The molecule has 5 heteroatoms. The van der Waals surface area contributed by atoms with Crippen LogP contribution in [0, 0.1) is 0 Å². The first-order chi connectivity index (χ1) is 35.2. The van der Waals surface area contributed by atoms with Crippen LogP contribution in [-0.2, 0) is 0 Å². The summed E-state index contributed by atoms with van der Waals surface area (Å²) in [6, 6.07) is 84.9. The number of nitrogens with zero attached hydrogens (tertiary/aromatic N) is 4. The van der Waals surface area contributed by atoms with Crippen molar-refractivity contribution in [2.45, 2.75) is 12.5 Å². The molecular formula is C66H42N4O.